The van der Waals surface area contributed by atoms with Crippen molar-refractivity contribution in [3.63, 3.8) is 0 Å². The normalized spacial score (nSPS) is 10.9. The lowest BCUT2D eigenvalue weighted by atomic mass is 10.1. The third-order valence-corrected chi connectivity index (χ3v) is 4.88. The number of furan rings is 1. The average Bonchev–Trinajstić information content (AvgIpc) is 3.26. The molecule has 0 atom stereocenters. The topological polar surface area (TPSA) is 68.0 Å². The lowest BCUT2D eigenvalue weighted by Gasteiger charge is -2.01. The fourth-order valence-electron chi connectivity index (χ4n) is 2.65. The first kappa shape index (κ1) is 15.5. The van der Waals surface area contributed by atoms with Gasteiger partial charge < -0.3 is 9.73 Å². The van der Waals surface area contributed by atoms with Crippen LogP contribution in [0.25, 0.3) is 21.5 Å². The van der Waals surface area contributed by atoms with Gasteiger partial charge in [-0.15, -0.1) is 11.3 Å². The monoisotopic (exact) mass is 349 g/mol. The highest BCUT2D eigenvalue weighted by molar-refractivity contribution is 7.13. The van der Waals surface area contributed by atoms with Crippen LogP contribution >= 0.6 is 11.3 Å². The third kappa shape index (κ3) is 3.04. The number of thiazole rings is 1. The number of aromatic nitrogens is 2. The van der Waals surface area contributed by atoms with Crippen LogP contribution in [0, 0.1) is 6.92 Å². The fraction of sp³-hybridized carbons (Fsp3) is 0.105. The van der Waals surface area contributed by atoms with Crippen LogP contribution in [-0.4, -0.2) is 15.9 Å². The number of para-hydroxylation sites is 1. The van der Waals surface area contributed by atoms with Crippen molar-refractivity contribution in [3.8, 4) is 10.6 Å². The van der Waals surface area contributed by atoms with Crippen molar-refractivity contribution in [1.29, 1.82) is 0 Å². The zero-order valence-corrected chi connectivity index (χ0v) is 14.3. The highest BCUT2D eigenvalue weighted by Gasteiger charge is 2.17. The molecule has 0 saturated carbocycles. The van der Waals surface area contributed by atoms with Crippen LogP contribution in [-0.2, 0) is 6.54 Å². The summed E-state index contributed by atoms with van der Waals surface area (Å²) >= 11 is 1.53. The minimum Gasteiger partial charge on any atom is -0.451 e. The Morgan fingerprint density at radius 2 is 2.12 bits per heavy atom. The van der Waals surface area contributed by atoms with Crippen LogP contribution in [0.4, 0.5) is 0 Å². The molecular weight excluding hydrogens is 334 g/mol. The SMILES string of the molecule is Cc1c(C(=O)NCc2csc(-c3cccnc3)n2)oc2ccccc12. The van der Waals surface area contributed by atoms with Crippen molar-refractivity contribution in [2.75, 3.05) is 0 Å². The maximum absolute atomic E-state index is 12.4. The van der Waals surface area contributed by atoms with E-state index in [1.165, 1.54) is 11.3 Å². The van der Waals surface area contributed by atoms with E-state index in [0.717, 1.165) is 32.8 Å². The molecule has 4 aromatic rings. The molecule has 0 radical (unpaired) electrons. The van der Waals surface area contributed by atoms with E-state index in [1.54, 1.807) is 12.4 Å². The first-order valence-electron chi connectivity index (χ1n) is 7.83. The second-order valence-corrected chi connectivity index (χ2v) is 6.48. The van der Waals surface area contributed by atoms with Crippen molar-refractivity contribution in [2.45, 2.75) is 13.5 Å². The Morgan fingerprint density at radius 3 is 2.92 bits per heavy atom. The Bertz CT molecular complexity index is 1040. The van der Waals surface area contributed by atoms with Gasteiger partial charge in [0.2, 0.25) is 0 Å². The van der Waals surface area contributed by atoms with E-state index in [1.807, 2.05) is 48.7 Å². The molecule has 124 valence electrons. The summed E-state index contributed by atoms with van der Waals surface area (Å²) in [5, 5.41) is 6.66. The Morgan fingerprint density at radius 1 is 1.24 bits per heavy atom. The molecule has 0 unspecified atom stereocenters. The number of nitrogens with zero attached hydrogens (tertiary/aromatic N) is 2. The minimum atomic E-state index is -0.232. The molecule has 0 spiro atoms. The lowest BCUT2D eigenvalue weighted by molar-refractivity contribution is 0.0924. The van der Waals surface area contributed by atoms with Crippen LogP contribution in [0.1, 0.15) is 21.8 Å². The Labute approximate surface area is 148 Å². The fourth-order valence-corrected chi connectivity index (χ4v) is 3.46. The molecular formula is C19H15N3O2S. The molecule has 3 aromatic heterocycles. The van der Waals surface area contributed by atoms with Gasteiger partial charge in [0, 0.05) is 34.3 Å². The predicted octanol–water partition coefficient (Wildman–Crippen LogP) is 4.19. The van der Waals surface area contributed by atoms with Crippen LogP contribution in [0.5, 0.6) is 0 Å². The van der Waals surface area contributed by atoms with Crippen molar-refractivity contribution in [1.82, 2.24) is 15.3 Å². The van der Waals surface area contributed by atoms with Crippen LogP contribution in [0.3, 0.4) is 0 Å². The quantitative estimate of drug-likeness (QED) is 0.600. The molecule has 0 saturated heterocycles. The standard InChI is InChI=1S/C19H15N3O2S/c1-12-15-6-2-3-7-16(15)24-17(12)18(23)21-10-14-11-25-19(22-14)13-5-4-8-20-9-13/h2-9,11H,10H2,1H3,(H,21,23). The first-order valence-corrected chi connectivity index (χ1v) is 8.71. The lowest BCUT2D eigenvalue weighted by Crippen LogP contribution is -2.23. The number of carbonyl (C=O) groups is 1. The van der Waals surface area contributed by atoms with E-state index in [0.29, 0.717) is 12.3 Å². The summed E-state index contributed by atoms with van der Waals surface area (Å²) < 4.78 is 5.69. The van der Waals surface area contributed by atoms with Gasteiger partial charge in [-0.25, -0.2) is 4.98 Å². The van der Waals surface area contributed by atoms with Gasteiger partial charge in [0.25, 0.3) is 5.91 Å². The molecule has 0 aliphatic carbocycles. The van der Waals surface area contributed by atoms with Gasteiger partial charge in [-0.3, -0.25) is 9.78 Å². The smallest absolute Gasteiger partial charge is 0.287 e. The van der Waals surface area contributed by atoms with Gasteiger partial charge in [-0.2, -0.15) is 0 Å². The number of benzene rings is 1. The number of hydrogen-bond acceptors (Lipinski definition) is 5. The van der Waals surface area contributed by atoms with E-state index < -0.39 is 0 Å². The summed E-state index contributed by atoms with van der Waals surface area (Å²) in [6.45, 7) is 2.25. The summed E-state index contributed by atoms with van der Waals surface area (Å²) in [5.74, 6) is 0.119. The second kappa shape index (κ2) is 6.49. The number of pyridine rings is 1. The third-order valence-electron chi connectivity index (χ3n) is 3.94. The van der Waals surface area contributed by atoms with Crippen molar-refractivity contribution in [3.05, 3.63) is 71.2 Å². The number of nitrogens with one attached hydrogen (secondary N) is 1. The molecule has 0 fully saturated rings. The average molecular weight is 349 g/mol. The van der Waals surface area contributed by atoms with Gasteiger partial charge in [0.1, 0.15) is 10.6 Å². The summed E-state index contributed by atoms with van der Waals surface area (Å²) in [5.41, 5.74) is 3.35. The largest absolute Gasteiger partial charge is 0.451 e. The van der Waals surface area contributed by atoms with Crippen LogP contribution < -0.4 is 5.32 Å². The molecule has 25 heavy (non-hydrogen) atoms. The Hall–Kier alpha value is -2.99. The Balaban J connectivity index is 1.48. The molecule has 1 amide bonds. The minimum absolute atomic E-state index is 0.232. The number of aryl methyl sites for hydroxylation is 1. The summed E-state index contributed by atoms with van der Waals surface area (Å²) in [7, 11) is 0. The number of fused-ring (bicyclic) bond motifs is 1. The number of rotatable bonds is 4. The molecule has 0 aliphatic heterocycles. The van der Waals surface area contributed by atoms with Gasteiger partial charge in [0.05, 0.1) is 12.2 Å². The summed E-state index contributed by atoms with van der Waals surface area (Å²) in [6, 6.07) is 11.5. The maximum atomic E-state index is 12.4. The molecule has 4 rings (SSSR count). The van der Waals surface area contributed by atoms with E-state index in [2.05, 4.69) is 15.3 Å². The molecule has 6 heteroatoms. The van der Waals surface area contributed by atoms with Gasteiger partial charge >= 0.3 is 0 Å². The first-order chi connectivity index (χ1) is 12.2. The van der Waals surface area contributed by atoms with E-state index >= 15 is 0 Å². The van der Waals surface area contributed by atoms with Crippen LogP contribution in [0.2, 0.25) is 0 Å². The zero-order valence-electron chi connectivity index (χ0n) is 13.5. The molecule has 0 aliphatic rings. The van der Waals surface area contributed by atoms with Crippen LogP contribution in [0.15, 0.2) is 58.6 Å². The van der Waals surface area contributed by atoms with Crippen molar-refractivity contribution >= 4 is 28.2 Å². The highest BCUT2D eigenvalue weighted by Crippen LogP contribution is 2.25. The highest BCUT2D eigenvalue weighted by atomic mass is 32.1. The molecule has 5 nitrogen and oxygen atoms in total. The maximum Gasteiger partial charge on any atom is 0.287 e. The van der Waals surface area contributed by atoms with E-state index in [-0.39, 0.29) is 5.91 Å². The number of carbonyl (C=O) groups excluding carboxylic acids is 1. The van der Waals surface area contributed by atoms with Gasteiger partial charge in [-0.05, 0) is 25.1 Å². The van der Waals surface area contributed by atoms with Gasteiger partial charge in [-0.1, -0.05) is 18.2 Å². The van der Waals surface area contributed by atoms with E-state index in [9.17, 15) is 4.79 Å². The summed E-state index contributed by atoms with van der Waals surface area (Å²) in [6.07, 6.45) is 3.51. The van der Waals surface area contributed by atoms with Crippen molar-refractivity contribution < 1.29 is 9.21 Å². The van der Waals surface area contributed by atoms with E-state index in [4.69, 9.17) is 4.42 Å². The van der Waals surface area contributed by atoms with Crippen molar-refractivity contribution in [2.24, 2.45) is 0 Å². The number of amides is 1. The molecule has 1 aromatic carbocycles. The molecule has 0 bridgehead atoms. The Kier molecular flexibility index (Phi) is 4.03. The molecule has 3 heterocycles. The second-order valence-electron chi connectivity index (χ2n) is 5.62. The molecule has 1 N–H and O–H groups in total. The number of hydrogen-bond donors (Lipinski definition) is 1. The summed E-state index contributed by atoms with van der Waals surface area (Å²) in [4.78, 5) is 21.1. The predicted molar refractivity (Wildman–Crippen MR) is 97.5 cm³/mol. The van der Waals surface area contributed by atoms with Gasteiger partial charge in [0.15, 0.2) is 5.76 Å². The zero-order chi connectivity index (χ0) is 17.2.